The Bertz CT molecular complexity index is 920. The number of hydrogen-bond acceptors (Lipinski definition) is 4. The molecule has 1 saturated heterocycles. The maximum absolute atomic E-state index is 12.8. The highest BCUT2D eigenvalue weighted by Crippen LogP contribution is 2.27. The van der Waals surface area contributed by atoms with Crippen molar-refractivity contribution in [3.63, 3.8) is 0 Å². The fourth-order valence-electron chi connectivity index (χ4n) is 2.91. The zero-order valence-electron chi connectivity index (χ0n) is 13.4. The largest absolute Gasteiger partial charge is 0.325 e. The molecule has 128 valence electrons. The summed E-state index contributed by atoms with van der Waals surface area (Å²) in [5, 5.41) is 11.6. The van der Waals surface area contributed by atoms with Crippen molar-refractivity contribution in [2.24, 2.45) is 0 Å². The van der Waals surface area contributed by atoms with E-state index in [0.29, 0.717) is 30.6 Å². The first kappa shape index (κ1) is 17.1. The molecule has 0 aromatic heterocycles. The Hall–Kier alpha value is -2.69. The molecule has 0 radical (unpaired) electrons. The van der Waals surface area contributed by atoms with Crippen LogP contribution in [0.1, 0.15) is 18.4 Å². The fourth-order valence-corrected chi connectivity index (χ4v) is 4.59. The van der Waals surface area contributed by atoms with Crippen molar-refractivity contribution >= 4 is 21.6 Å². The standard InChI is InChI=1S/C18H17N3O3S/c19-13-14-6-4-7-15(12-14)20-18(22)17-10-5-11-21(17)25(23,24)16-8-2-1-3-9-16/h1-4,6-9,12,17H,5,10-11H2,(H,20,22). The minimum Gasteiger partial charge on any atom is -0.325 e. The van der Waals surface area contributed by atoms with Crippen LogP contribution < -0.4 is 5.32 Å². The highest BCUT2D eigenvalue weighted by Gasteiger charge is 2.39. The van der Waals surface area contributed by atoms with Gasteiger partial charge in [0.25, 0.3) is 0 Å². The average Bonchev–Trinajstić information content (AvgIpc) is 3.13. The van der Waals surface area contributed by atoms with Crippen molar-refractivity contribution in [3.8, 4) is 6.07 Å². The molecule has 1 unspecified atom stereocenters. The summed E-state index contributed by atoms with van der Waals surface area (Å²) in [5.74, 6) is -0.382. The van der Waals surface area contributed by atoms with E-state index < -0.39 is 16.1 Å². The molecular weight excluding hydrogens is 338 g/mol. The number of rotatable bonds is 4. The second kappa shape index (κ2) is 7.05. The van der Waals surface area contributed by atoms with Crippen LogP contribution in [-0.4, -0.2) is 31.2 Å². The maximum atomic E-state index is 12.8. The monoisotopic (exact) mass is 355 g/mol. The molecule has 3 rings (SSSR count). The van der Waals surface area contributed by atoms with E-state index >= 15 is 0 Å². The van der Waals surface area contributed by atoms with E-state index in [-0.39, 0.29) is 10.8 Å². The second-order valence-electron chi connectivity index (χ2n) is 5.77. The van der Waals surface area contributed by atoms with Crippen LogP contribution in [0.5, 0.6) is 0 Å². The van der Waals surface area contributed by atoms with Gasteiger partial charge in [0.1, 0.15) is 6.04 Å². The quantitative estimate of drug-likeness (QED) is 0.911. The minimum atomic E-state index is -3.72. The van der Waals surface area contributed by atoms with Crippen LogP contribution >= 0.6 is 0 Å². The Kier molecular flexibility index (Phi) is 4.83. The average molecular weight is 355 g/mol. The molecule has 0 spiro atoms. The number of nitrogens with zero attached hydrogens (tertiary/aromatic N) is 2. The van der Waals surface area contributed by atoms with Gasteiger partial charge in [0, 0.05) is 12.2 Å². The van der Waals surface area contributed by atoms with E-state index in [1.165, 1.54) is 16.4 Å². The van der Waals surface area contributed by atoms with E-state index in [9.17, 15) is 13.2 Å². The Morgan fingerprint density at radius 1 is 1.16 bits per heavy atom. The van der Waals surface area contributed by atoms with Gasteiger partial charge in [-0.25, -0.2) is 8.42 Å². The Labute approximate surface area is 146 Å². The lowest BCUT2D eigenvalue weighted by atomic mass is 10.2. The van der Waals surface area contributed by atoms with Crippen LogP contribution in [-0.2, 0) is 14.8 Å². The van der Waals surface area contributed by atoms with Gasteiger partial charge in [0.15, 0.2) is 0 Å². The van der Waals surface area contributed by atoms with Crippen molar-refractivity contribution in [1.29, 1.82) is 5.26 Å². The Balaban J connectivity index is 1.81. The van der Waals surface area contributed by atoms with Gasteiger partial charge >= 0.3 is 0 Å². The van der Waals surface area contributed by atoms with E-state index in [1.54, 1.807) is 42.5 Å². The molecule has 6 nitrogen and oxygen atoms in total. The summed E-state index contributed by atoms with van der Waals surface area (Å²) in [7, 11) is -3.72. The molecule has 1 N–H and O–H groups in total. The van der Waals surface area contributed by atoms with Gasteiger partial charge in [-0.1, -0.05) is 24.3 Å². The number of nitriles is 1. The normalized spacial score (nSPS) is 17.8. The molecule has 1 aliphatic heterocycles. The number of anilines is 1. The molecular formula is C18H17N3O3S. The molecule has 25 heavy (non-hydrogen) atoms. The number of benzene rings is 2. The SMILES string of the molecule is N#Cc1cccc(NC(=O)C2CCCN2S(=O)(=O)c2ccccc2)c1. The third-order valence-electron chi connectivity index (χ3n) is 4.12. The van der Waals surface area contributed by atoms with Gasteiger partial charge in [-0.3, -0.25) is 4.79 Å². The summed E-state index contributed by atoms with van der Waals surface area (Å²) >= 11 is 0. The van der Waals surface area contributed by atoms with E-state index in [0.717, 1.165) is 0 Å². The van der Waals surface area contributed by atoms with Crippen LogP contribution in [0.4, 0.5) is 5.69 Å². The third-order valence-corrected chi connectivity index (χ3v) is 6.04. The predicted octanol–water partition coefficient (Wildman–Crippen LogP) is 2.35. The summed E-state index contributed by atoms with van der Waals surface area (Å²) < 4.78 is 26.9. The van der Waals surface area contributed by atoms with Gasteiger partial charge in [-0.2, -0.15) is 9.57 Å². The zero-order valence-corrected chi connectivity index (χ0v) is 14.2. The minimum absolute atomic E-state index is 0.182. The molecule has 0 aliphatic carbocycles. The van der Waals surface area contributed by atoms with E-state index in [2.05, 4.69) is 5.32 Å². The van der Waals surface area contributed by atoms with Gasteiger partial charge in [-0.05, 0) is 43.2 Å². The lowest BCUT2D eigenvalue weighted by Crippen LogP contribution is -2.43. The summed E-state index contributed by atoms with van der Waals surface area (Å²) in [5.41, 5.74) is 0.908. The molecule has 7 heteroatoms. The van der Waals surface area contributed by atoms with Crippen molar-refractivity contribution in [2.45, 2.75) is 23.8 Å². The van der Waals surface area contributed by atoms with E-state index in [4.69, 9.17) is 5.26 Å². The van der Waals surface area contributed by atoms with Gasteiger partial charge in [0.2, 0.25) is 15.9 Å². The molecule has 1 heterocycles. The molecule has 2 aromatic carbocycles. The van der Waals surface area contributed by atoms with Crippen LogP contribution in [0.2, 0.25) is 0 Å². The lowest BCUT2D eigenvalue weighted by molar-refractivity contribution is -0.119. The first-order chi connectivity index (χ1) is 12.0. The summed E-state index contributed by atoms with van der Waals surface area (Å²) in [6, 6.07) is 15.9. The van der Waals surface area contributed by atoms with Gasteiger partial charge < -0.3 is 5.32 Å². The third kappa shape index (κ3) is 3.55. The molecule has 2 aromatic rings. The number of hydrogen-bond donors (Lipinski definition) is 1. The Morgan fingerprint density at radius 3 is 2.64 bits per heavy atom. The summed E-state index contributed by atoms with van der Waals surface area (Å²) in [6.45, 7) is 0.313. The molecule has 1 amide bonds. The van der Waals surface area contributed by atoms with Crippen LogP contribution in [0, 0.1) is 11.3 Å². The molecule has 1 atom stereocenters. The van der Waals surface area contributed by atoms with E-state index in [1.807, 2.05) is 6.07 Å². The molecule has 1 fully saturated rings. The van der Waals surface area contributed by atoms with Crippen LogP contribution in [0.25, 0.3) is 0 Å². The van der Waals surface area contributed by atoms with Crippen molar-refractivity contribution in [1.82, 2.24) is 4.31 Å². The van der Waals surface area contributed by atoms with Crippen LogP contribution in [0.15, 0.2) is 59.5 Å². The zero-order chi connectivity index (χ0) is 17.9. The smallest absolute Gasteiger partial charge is 0.243 e. The molecule has 0 bridgehead atoms. The number of amides is 1. The Morgan fingerprint density at radius 2 is 1.92 bits per heavy atom. The first-order valence-electron chi connectivity index (χ1n) is 7.90. The topological polar surface area (TPSA) is 90.3 Å². The van der Waals surface area contributed by atoms with Gasteiger partial charge in [-0.15, -0.1) is 0 Å². The predicted molar refractivity (Wildman–Crippen MR) is 93.1 cm³/mol. The number of carbonyl (C=O) groups excluding carboxylic acids is 1. The molecule has 1 aliphatic rings. The second-order valence-corrected chi connectivity index (χ2v) is 7.66. The van der Waals surface area contributed by atoms with Crippen molar-refractivity contribution in [3.05, 3.63) is 60.2 Å². The van der Waals surface area contributed by atoms with Gasteiger partial charge in [0.05, 0.1) is 16.5 Å². The van der Waals surface area contributed by atoms with Crippen molar-refractivity contribution in [2.75, 3.05) is 11.9 Å². The highest BCUT2D eigenvalue weighted by atomic mass is 32.2. The number of nitrogens with one attached hydrogen (secondary N) is 1. The number of carbonyl (C=O) groups is 1. The summed E-state index contributed by atoms with van der Waals surface area (Å²) in [4.78, 5) is 12.8. The maximum Gasteiger partial charge on any atom is 0.243 e. The lowest BCUT2D eigenvalue weighted by Gasteiger charge is -2.23. The van der Waals surface area contributed by atoms with Crippen LogP contribution in [0.3, 0.4) is 0 Å². The molecule has 0 saturated carbocycles. The highest BCUT2D eigenvalue weighted by molar-refractivity contribution is 7.89. The number of sulfonamides is 1. The fraction of sp³-hybridized carbons (Fsp3) is 0.222. The van der Waals surface area contributed by atoms with Crippen molar-refractivity contribution < 1.29 is 13.2 Å². The summed E-state index contributed by atoms with van der Waals surface area (Å²) in [6.07, 6.45) is 1.10. The first-order valence-corrected chi connectivity index (χ1v) is 9.34.